The van der Waals surface area contributed by atoms with Crippen molar-refractivity contribution in [1.82, 2.24) is 10.6 Å². The van der Waals surface area contributed by atoms with Crippen molar-refractivity contribution in [2.75, 3.05) is 14.2 Å². The maximum absolute atomic E-state index is 11.6. The Morgan fingerprint density at radius 1 is 1.20 bits per heavy atom. The molecule has 0 saturated heterocycles. The molecule has 0 fully saturated rings. The highest BCUT2D eigenvalue weighted by Crippen LogP contribution is 1.97. The highest BCUT2D eigenvalue weighted by Gasteiger charge is 2.22. The molecule has 0 aliphatic rings. The highest BCUT2D eigenvalue weighted by molar-refractivity contribution is 5.87. The first-order chi connectivity index (χ1) is 7.10. The Hall–Kier alpha value is -1.10. The van der Waals surface area contributed by atoms with Crippen LogP contribution in [0.2, 0.25) is 0 Å². The van der Waals surface area contributed by atoms with Crippen molar-refractivity contribution in [3.05, 3.63) is 0 Å². The molecule has 0 heterocycles. The number of carbonyl (C=O) groups is 2. The van der Waals surface area contributed by atoms with E-state index in [1.807, 2.05) is 13.8 Å². The Morgan fingerprint density at radius 3 is 2.07 bits per heavy atom. The molecular weight excluding hydrogens is 196 g/mol. The number of rotatable bonds is 6. The van der Waals surface area contributed by atoms with Gasteiger partial charge in [-0.2, -0.15) is 0 Å². The standard InChI is InChI=1S/C10H20N2O3/c1-5-7(11-3)9(13)12-8(6-2)10(14)15-4/h7-8,11H,5-6H2,1-4H3,(H,12,13)/t7-,8-/m1/s1. The molecule has 0 aromatic heterocycles. The molecule has 0 aromatic rings. The number of likely N-dealkylation sites (N-methyl/N-ethyl adjacent to an activating group) is 1. The van der Waals surface area contributed by atoms with Crippen molar-refractivity contribution in [3.8, 4) is 0 Å². The second kappa shape index (κ2) is 7.23. The zero-order chi connectivity index (χ0) is 11.8. The van der Waals surface area contributed by atoms with Crippen molar-refractivity contribution in [1.29, 1.82) is 0 Å². The maximum atomic E-state index is 11.6. The van der Waals surface area contributed by atoms with Crippen LogP contribution in [0.25, 0.3) is 0 Å². The Morgan fingerprint density at radius 2 is 1.73 bits per heavy atom. The lowest BCUT2D eigenvalue weighted by Crippen LogP contribution is -2.49. The van der Waals surface area contributed by atoms with Gasteiger partial charge in [-0.25, -0.2) is 4.79 Å². The monoisotopic (exact) mass is 216 g/mol. The van der Waals surface area contributed by atoms with E-state index >= 15 is 0 Å². The van der Waals surface area contributed by atoms with Crippen molar-refractivity contribution in [2.24, 2.45) is 0 Å². The predicted molar refractivity (Wildman–Crippen MR) is 57.4 cm³/mol. The first-order valence-corrected chi connectivity index (χ1v) is 5.16. The van der Waals surface area contributed by atoms with Crippen LogP contribution in [0.5, 0.6) is 0 Å². The molecular formula is C10H20N2O3. The van der Waals surface area contributed by atoms with Gasteiger partial charge >= 0.3 is 5.97 Å². The molecule has 5 heteroatoms. The average molecular weight is 216 g/mol. The molecule has 0 unspecified atom stereocenters. The summed E-state index contributed by atoms with van der Waals surface area (Å²) in [6, 6.07) is -0.811. The molecule has 0 aliphatic carbocycles. The van der Waals surface area contributed by atoms with E-state index in [9.17, 15) is 9.59 Å². The Kier molecular flexibility index (Phi) is 6.70. The van der Waals surface area contributed by atoms with Gasteiger partial charge in [-0.1, -0.05) is 13.8 Å². The third kappa shape index (κ3) is 4.29. The summed E-state index contributed by atoms with van der Waals surface area (Å²) in [7, 11) is 3.03. The minimum Gasteiger partial charge on any atom is -0.467 e. The van der Waals surface area contributed by atoms with Crippen LogP contribution in [-0.2, 0) is 14.3 Å². The van der Waals surface area contributed by atoms with E-state index in [0.717, 1.165) is 0 Å². The molecule has 0 aromatic carbocycles. The van der Waals surface area contributed by atoms with Gasteiger partial charge in [0, 0.05) is 0 Å². The van der Waals surface area contributed by atoms with E-state index in [2.05, 4.69) is 15.4 Å². The molecule has 1 amide bonds. The third-order valence-electron chi connectivity index (χ3n) is 2.28. The first-order valence-electron chi connectivity index (χ1n) is 5.16. The molecule has 2 N–H and O–H groups in total. The lowest BCUT2D eigenvalue weighted by molar-refractivity contribution is -0.145. The van der Waals surface area contributed by atoms with Gasteiger partial charge in [0.25, 0.3) is 0 Å². The molecule has 0 spiro atoms. The number of carbonyl (C=O) groups excluding carboxylic acids is 2. The van der Waals surface area contributed by atoms with Crippen LogP contribution in [0.4, 0.5) is 0 Å². The molecule has 15 heavy (non-hydrogen) atoms. The lowest BCUT2D eigenvalue weighted by atomic mass is 10.1. The quantitative estimate of drug-likeness (QED) is 0.616. The molecule has 5 nitrogen and oxygen atoms in total. The Labute approximate surface area is 90.6 Å². The fourth-order valence-electron chi connectivity index (χ4n) is 1.26. The molecule has 0 bridgehead atoms. The summed E-state index contributed by atoms with van der Waals surface area (Å²) in [6.45, 7) is 3.72. The van der Waals surface area contributed by atoms with E-state index in [4.69, 9.17) is 0 Å². The van der Waals surface area contributed by atoms with Crippen LogP contribution in [-0.4, -0.2) is 38.1 Å². The molecule has 0 radical (unpaired) electrons. The number of nitrogens with one attached hydrogen (secondary N) is 2. The summed E-state index contributed by atoms with van der Waals surface area (Å²) in [4.78, 5) is 22.8. The fourth-order valence-corrected chi connectivity index (χ4v) is 1.26. The van der Waals surface area contributed by atoms with Gasteiger partial charge in [-0.3, -0.25) is 4.79 Å². The minimum atomic E-state index is -0.551. The van der Waals surface area contributed by atoms with E-state index in [0.29, 0.717) is 12.8 Å². The fraction of sp³-hybridized carbons (Fsp3) is 0.800. The van der Waals surface area contributed by atoms with E-state index < -0.39 is 12.0 Å². The highest BCUT2D eigenvalue weighted by atomic mass is 16.5. The lowest BCUT2D eigenvalue weighted by Gasteiger charge is -2.18. The van der Waals surface area contributed by atoms with Crippen molar-refractivity contribution in [3.63, 3.8) is 0 Å². The first kappa shape index (κ1) is 13.9. The molecule has 88 valence electrons. The van der Waals surface area contributed by atoms with Gasteiger partial charge in [0.05, 0.1) is 13.2 Å². The van der Waals surface area contributed by atoms with Crippen molar-refractivity contribution < 1.29 is 14.3 Å². The Bertz CT molecular complexity index is 215. The molecule has 0 rings (SSSR count). The van der Waals surface area contributed by atoms with Gasteiger partial charge in [0.1, 0.15) is 6.04 Å². The number of hydrogen-bond acceptors (Lipinski definition) is 4. The van der Waals surface area contributed by atoms with Gasteiger partial charge < -0.3 is 15.4 Å². The van der Waals surface area contributed by atoms with E-state index in [1.165, 1.54) is 7.11 Å². The summed E-state index contributed by atoms with van der Waals surface area (Å²) in [5, 5.41) is 5.52. The normalized spacial score (nSPS) is 14.1. The minimum absolute atomic E-state index is 0.169. The van der Waals surface area contributed by atoms with Crippen LogP contribution in [0.1, 0.15) is 26.7 Å². The van der Waals surface area contributed by atoms with Crippen LogP contribution in [0.3, 0.4) is 0 Å². The number of methoxy groups -OCH3 is 1. The predicted octanol–water partition coefficient (Wildman–Crippen LogP) is 0.0522. The number of hydrogen-bond donors (Lipinski definition) is 2. The second-order valence-electron chi connectivity index (χ2n) is 3.24. The smallest absolute Gasteiger partial charge is 0.328 e. The van der Waals surface area contributed by atoms with Gasteiger partial charge in [0.2, 0.25) is 5.91 Å². The zero-order valence-corrected chi connectivity index (χ0v) is 9.79. The number of esters is 1. The largest absolute Gasteiger partial charge is 0.467 e. The van der Waals surface area contributed by atoms with Gasteiger partial charge in [-0.05, 0) is 19.9 Å². The second-order valence-corrected chi connectivity index (χ2v) is 3.24. The van der Waals surface area contributed by atoms with Gasteiger partial charge in [0.15, 0.2) is 0 Å². The number of ether oxygens (including phenoxy) is 1. The summed E-state index contributed by atoms with van der Waals surface area (Å²) in [6.07, 6.45) is 1.21. The summed E-state index contributed by atoms with van der Waals surface area (Å²) >= 11 is 0. The summed E-state index contributed by atoms with van der Waals surface area (Å²) in [5.41, 5.74) is 0. The maximum Gasteiger partial charge on any atom is 0.328 e. The van der Waals surface area contributed by atoms with Crippen LogP contribution in [0.15, 0.2) is 0 Å². The van der Waals surface area contributed by atoms with E-state index in [-0.39, 0.29) is 11.9 Å². The van der Waals surface area contributed by atoms with Crippen LogP contribution in [0, 0.1) is 0 Å². The topological polar surface area (TPSA) is 67.4 Å². The SMILES string of the molecule is CC[C@@H](NC)C(=O)N[C@H](CC)C(=O)OC. The summed E-state index contributed by atoms with van der Waals surface area (Å²) in [5.74, 6) is -0.575. The third-order valence-corrected chi connectivity index (χ3v) is 2.28. The van der Waals surface area contributed by atoms with Crippen molar-refractivity contribution >= 4 is 11.9 Å². The molecule has 0 aliphatic heterocycles. The molecule has 0 saturated carbocycles. The summed E-state index contributed by atoms with van der Waals surface area (Å²) < 4.78 is 4.58. The van der Waals surface area contributed by atoms with E-state index in [1.54, 1.807) is 7.05 Å². The zero-order valence-electron chi connectivity index (χ0n) is 9.79. The average Bonchev–Trinajstić information content (AvgIpc) is 2.26. The van der Waals surface area contributed by atoms with Crippen molar-refractivity contribution in [2.45, 2.75) is 38.8 Å². The van der Waals surface area contributed by atoms with Gasteiger partial charge in [-0.15, -0.1) is 0 Å². The van der Waals surface area contributed by atoms with Crippen LogP contribution < -0.4 is 10.6 Å². The Balaban J connectivity index is 4.29. The number of amides is 1. The van der Waals surface area contributed by atoms with Crippen LogP contribution >= 0.6 is 0 Å². The molecule has 2 atom stereocenters.